The minimum atomic E-state index is -0.137. The van der Waals surface area contributed by atoms with Gasteiger partial charge < -0.3 is 9.88 Å². The summed E-state index contributed by atoms with van der Waals surface area (Å²) in [5, 5.41) is 3.67. The number of amides is 1. The molecule has 0 saturated carbocycles. The Morgan fingerprint density at radius 3 is 2.71 bits per heavy atom. The Labute approximate surface area is 170 Å². The molecular weight excluding hydrogens is 372 g/mol. The van der Waals surface area contributed by atoms with Gasteiger partial charge in [0.25, 0.3) is 0 Å². The molecule has 1 fully saturated rings. The zero-order valence-corrected chi connectivity index (χ0v) is 17.0. The van der Waals surface area contributed by atoms with Crippen molar-refractivity contribution in [3.05, 3.63) is 64.9 Å². The van der Waals surface area contributed by atoms with Crippen LogP contribution in [0.25, 0.3) is 11.0 Å². The standard InChI is InChI=1S/C22H25ClN4O/c1-15(2)21-22(28)24-10-11-26(21)14-20-25-18-12-17(23)8-9-19(18)27(20)13-16-6-4-3-5-7-16/h3-9,12,15,21H,10-11,13-14H2,1-2H3,(H,24,28). The second kappa shape index (κ2) is 7.94. The van der Waals surface area contributed by atoms with E-state index in [9.17, 15) is 4.79 Å². The lowest BCUT2D eigenvalue weighted by Crippen LogP contribution is -2.57. The van der Waals surface area contributed by atoms with Crippen LogP contribution in [0.3, 0.4) is 0 Å². The van der Waals surface area contributed by atoms with Crippen LogP contribution in [0.2, 0.25) is 5.02 Å². The van der Waals surface area contributed by atoms with E-state index in [1.807, 2.05) is 24.3 Å². The van der Waals surface area contributed by atoms with Gasteiger partial charge in [-0.05, 0) is 29.7 Å². The molecule has 1 aliphatic heterocycles. The van der Waals surface area contributed by atoms with E-state index in [0.29, 0.717) is 18.1 Å². The fraction of sp³-hybridized carbons (Fsp3) is 0.364. The van der Waals surface area contributed by atoms with E-state index in [4.69, 9.17) is 16.6 Å². The van der Waals surface area contributed by atoms with Crippen molar-refractivity contribution in [3.63, 3.8) is 0 Å². The van der Waals surface area contributed by atoms with E-state index < -0.39 is 0 Å². The molecule has 6 heteroatoms. The van der Waals surface area contributed by atoms with Crippen LogP contribution in [0.15, 0.2) is 48.5 Å². The molecule has 0 bridgehead atoms. The first-order valence-corrected chi connectivity index (χ1v) is 10.1. The molecule has 3 aromatic rings. The third-order valence-electron chi connectivity index (χ3n) is 5.31. The van der Waals surface area contributed by atoms with Crippen LogP contribution < -0.4 is 5.32 Å². The van der Waals surface area contributed by atoms with Crippen molar-refractivity contribution in [1.82, 2.24) is 19.8 Å². The molecule has 2 aromatic carbocycles. The van der Waals surface area contributed by atoms with E-state index in [1.54, 1.807) is 0 Å². The Hall–Kier alpha value is -2.37. The molecule has 146 valence electrons. The number of fused-ring (bicyclic) bond motifs is 1. The van der Waals surface area contributed by atoms with Crippen LogP contribution >= 0.6 is 11.6 Å². The van der Waals surface area contributed by atoms with Gasteiger partial charge in [-0.15, -0.1) is 0 Å². The number of hydrogen-bond acceptors (Lipinski definition) is 3. The van der Waals surface area contributed by atoms with Crippen LogP contribution in [-0.4, -0.2) is 39.5 Å². The summed E-state index contributed by atoms with van der Waals surface area (Å²) in [4.78, 5) is 19.6. The van der Waals surface area contributed by atoms with Gasteiger partial charge in [0.2, 0.25) is 5.91 Å². The van der Waals surface area contributed by atoms with Crippen LogP contribution in [-0.2, 0) is 17.9 Å². The number of halogens is 1. The SMILES string of the molecule is CC(C)C1C(=O)NCCN1Cc1nc2cc(Cl)ccc2n1Cc1ccccc1. The summed E-state index contributed by atoms with van der Waals surface area (Å²) >= 11 is 6.20. The van der Waals surface area contributed by atoms with Crippen molar-refractivity contribution in [2.45, 2.75) is 33.0 Å². The second-order valence-corrected chi connectivity index (χ2v) is 8.12. The molecule has 4 rings (SSSR count). The quantitative estimate of drug-likeness (QED) is 0.715. The number of piperazine rings is 1. The Kier molecular flexibility index (Phi) is 5.38. The second-order valence-electron chi connectivity index (χ2n) is 7.68. The van der Waals surface area contributed by atoms with E-state index >= 15 is 0 Å². The summed E-state index contributed by atoms with van der Waals surface area (Å²) < 4.78 is 2.24. The molecule has 28 heavy (non-hydrogen) atoms. The summed E-state index contributed by atoms with van der Waals surface area (Å²) in [5.41, 5.74) is 3.17. The number of hydrogen-bond donors (Lipinski definition) is 1. The molecule has 0 spiro atoms. The van der Waals surface area contributed by atoms with E-state index in [1.165, 1.54) is 5.56 Å². The largest absolute Gasteiger partial charge is 0.353 e. The maximum absolute atomic E-state index is 12.4. The fourth-order valence-electron chi connectivity index (χ4n) is 4.03. The summed E-state index contributed by atoms with van der Waals surface area (Å²) in [6.45, 7) is 7.05. The third kappa shape index (κ3) is 3.77. The maximum Gasteiger partial charge on any atom is 0.237 e. The summed E-state index contributed by atoms with van der Waals surface area (Å²) in [6.07, 6.45) is 0. The van der Waals surface area contributed by atoms with Gasteiger partial charge in [0.1, 0.15) is 5.82 Å². The lowest BCUT2D eigenvalue weighted by Gasteiger charge is -2.37. The minimum Gasteiger partial charge on any atom is -0.353 e. The molecule has 1 aromatic heterocycles. The zero-order chi connectivity index (χ0) is 19.7. The van der Waals surface area contributed by atoms with Gasteiger partial charge >= 0.3 is 0 Å². The van der Waals surface area contributed by atoms with Gasteiger partial charge in [0.15, 0.2) is 0 Å². The molecule has 1 saturated heterocycles. The van der Waals surface area contributed by atoms with Crippen molar-refractivity contribution in [2.24, 2.45) is 5.92 Å². The Morgan fingerprint density at radius 1 is 1.18 bits per heavy atom. The topological polar surface area (TPSA) is 50.2 Å². The van der Waals surface area contributed by atoms with Crippen LogP contribution in [0, 0.1) is 5.92 Å². The predicted molar refractivity (Wildman–Crippen MR) is 112 cm³/mol. The number of carbonyl (C=O) groups is 1. The molecule has 1 amide bonds. The van der Waals surface area contributed by atoms with Crippen molar-refractivity contribution < 1.29 is 4.79 Å². The maximum atomic E-state index is 12.4. The van der Waals surface area contributed by atoms with Crippen molar-refractivity contribution in [2.75, 3.05) is 13.1 Å². The molecule has 5 nitrogen and oxygen atoms in total. The Balaban J connectivity index is 1.73. The third-order valence-corrected chi connectivity index (χ3v) is 5.54. The Morgan fingerprint density at radius 2 is 1.96 bits per heavy atom. The zero-order valence-electron chi connectivity index (χ0n) is 16.2. The highest BCUT2D eigenvalue weighted by Gasteiger charge is 2.33. The summed E-state index contributed by atoms with van der Waals surface area (Å²) in [5.74, 6) is 1.30. The molecule has 1 unspecified atom stereocenters. The minimum absolute atomic E-state index is 0.106. The van der Waals surface area contributed by atoms with Gasteiger partial charge in [-0.3, -0.25) is 9.69 Å². The lowest BCUT2D eigenvalue weighted by molar-refractivity contribution is -0.131. The molecule has 0 radical (unpaired) electrons. The number of imidazole rings is 1. The number of nitrogens with zero attached hydrogens (tertiary/aromatic N) is 3. The van der Waals surface area contributed by atoms with E-state index in [-0.39, 0.29) is 17.9 Å². The average Bonchev–Trinajstić information content (AvgIpc) is 2.98. The average molecular weight is 397 g/mol. The smallest absolute Gasteiger partial charge is 0.237 e. The van der Waals surface area contributed by atoms with Crippen LogP contribution in [0.1, 0.15) is 25.2 Å². The summed E-state index contributed by atoms with van der Waals surface area (Å²) in [7, 11) is 0. The molecule has 2 heterocycles. The van der Waals surface area contributed by atoms with Crippen LogP contribution in [0.4, 0.5) is 0 Å². The fourth-order valence-corrected chi connectivity index (χ4v) is 4.20. The first kappa shape index (κ1) is 19.0. The molecule has 1 aliphatic rings. The van der Waals surface area contributed by atoms with E-state index in [0.717, 1.165) is 29.9 Å². The Bertz CT molecular complexity index is 983. The summed E-state index contributed by atoms with van der Waals surface area (Å²) in [6, 6.07) is 16.1. The normalized spacial score (nSPS) is 18.0. The number of rotatable bonds is 5. The van der Waals surface area contributed by atoms with Gasteiger partial charge in [0.05, 0.1) is 23.6 Å². The van der Waals surface area contributed by atoms with Crippen molar-refractivity contribution in [1.29, 1.82) is 0 Å². The van der Waals surface area contributed by atoms with Gasteiger partial charge in [-0.25, -0.2) is 4.98 Å². The predicted octanol–water partition coefficient (Wildman–Crippen LogP) is 3.69. The lowest BCUT2D eigenvalue weighted by atomic mass is 9.99. The van der Waals surface area contributed by atoms with Gasteiger partial charge in [-0.1, -0.05) is 55.8 Å². The van der Waals surface area contributed by atoms with Crippen LogP contribution in [0.5, 0.6) is 0 Å². The van der Waals surface area contributed by atoms with Gasteiger partial charge in [0, 0.05) is 24.7 Å². The van der Waals surface area contributed by atoms with Gasteiger partial charge in [-0.2, -0.15) is 0 Å². The van der Waals surface area contributed by atoms with Crippen molar-refractivity contribution in [3.8, 4) is 0 Å². The van der Waals surface area contributed by atoms with Crippen molar-refractivity contribution >= 4 is 28.5 Å². The number of benzene rings is 2. The van der Waals surface area contributed by atoms with E-state index in [2.05, 4.69) is 52.9 Å². The first-order valence-electron chi connectivity index (χ1n) is 9.73. The first-order chi connectivity index (χ1) is 13.5. The highest BCUT2D eigenvalue weighted by molar-refractivity contribution is 6.31. The molecule has 0 aliphatic carbocycles. The number of nitrogens with one attached hydrogen (secondary N) is 1. The highest BCUT2D eigenvalue weighted by Crippen LogP contribution is 2.24. The number of aromatic nitrogens is 2. The molecule has 1 atom stereocenters. The monoisotopic (exact) mass is 396 g/mol. The molecule has 1 N–H and O–H groups in total. The highest BCUT2D eigenvalue weighted by atomic mass is 35.5. The number of carbonyl (C=O) groups excluding carboxylic acids is 1. The molecular formula is C22H25ClN4O.